The molecule has 11 heteroatoms. The first-order valence-corrected chi connectivity index (χ1v) is 10.9. The van der Waals surface area contributed by atoms with Crippen LogP contribution in [0.15, 0.2) is 23.1 Å². The third-order valence-corrected chi connectivity index (χ3v) is 6.87. The molecule has 0 aromatic heterocycles. The highest BCUT2D eigenvalue weighted by Crippen LogP contribution is 2.25. The number of hydrogen-bond acceptors (Lipinski definition) is 5. The van der Waals surface area contributed by atoms with Crippen LogP contribution in [0.5, 0.6) is 0 Å². The molecule has 8 nitrogen and oxygen atoms in total. The number of ether oxygens (including phenoxy) is 1. The maximum absolute atomic E-state index is 14.0. The van der Waals surface area contributed by atoms with Gasteiger partial charge in [0.1, 0.15) is 22.8 Å². The highest BCUT2D eigenvalue weighted by molar-refractivity contribution is 7.89. The normalized spacial score (nSPS) is 21.1. The molecule has 1 atom stereocenters. The number of carbonyl (C=O) groups excluding carboxylic acids is 2. The SMILES string of the molecule is O=C(NC[C@@H]1OCCCN1S(=O)(=O)c1cc(F)ccc1F)C(=O)NC1CCCC1. The molecule has 29 heavy (non-hydrogen) atoms. The highest BCUT2D eigenvalue weighted by Gasteiger charge is 2.36. The van der Waals surface area contributed by atoms with Crippen molar-refractivity contribution < 1.29 is 31.5 Å². The Bertz CT molecular complexity index is 874. The van der Waals surface area contributed by atoms with Gasteiger partial charge >= 0.3 is 11.8 Å². The van der Waals surface area contributed by atoms with Gasteiger partial charge in [0, 0.05) is 12.6 Å². The van der Waals surface area contributed by atoms with Gasteiger partial charge in [0.2, 0.25) is 10.0 Å². The minimum atomic E-state index is -4.41. The van der Waals surface area contributed by atoms with Gasteiger partial charge in [0.15, 0.2) is 0 Å². The number of halogens is 2. The number of amides is 2. The van der Waals surface area contributed by atoms with Crippen LogP contribution >= 0.6 is 0 Å². The molecule has 2 N–H and O–H groups in total. The molecule has 0 spiro atoms. The smallest absolute Gasteiger partial charge is 0.309 e. The molecule has 1 aromatic rings. The molecule has 2 fully saturated rings. The molecule has 160 valence electrons. The summed E-state index contributed by atoms with van der Waals surface area (Å²) in [6, 6.07) is 2.12. The van der Waals surface area contributed by atoms with Crippen LogP contribution in [-0.4, -0.2) is 56.5 Å². The summed E-state index contributed by atoms with van der Waals surface area (Å²) >= 11 is 0. The Balaban J connectivity index is 1.67. The molecule has 1 aliphatic heterocycles. The summed E-state index contributed by atoms with van der Waals surface area (Å²) in [6.07, 6.45) is 2.83. The average Bonchev–Trinajstić information content (AvgIpc) is 3.21. The molecule has 1 saturated heterocycles. The van der Waals surface area contributed by atoms with Gasteiger partial charge in [0.25, 0.3) is 0 Å². The van der Waals surface area contributed by atoms with Crippen molar-refractivity contribution in [1.82, 2.24) is 14.9 Å². The molecular weight excluding hydrogens is 408 g/mol. The predicted molar refractivity (Wildman–Crippen MR) is 98.0 cm³/mol. The fourth-order valence-corrected chi connectivity index (χ4v) is 5.13. The van der Waals surface area contributed by atoms with Gasteiger partial charge in [-0.1, -0.05) is 12.8 Å². The van der Waals surface area contributed by atoms with E-state index in [4.69, 9.17) is 4.74 Å². The minimum absolute atomic E-state index is 0.00704. The first kappa shape index (κ1) is 21.6. The predicted octanol–water partition coefficient (Wildman–Crippen LogP) is 0.877. The van der Waals surface area contributed by atoms with Crippen molar-refractivity contribution in [2.45, 2.75) is 49.3 Å². The molecule has 1 aliphatic carbocycles. The number of hydrogen-bond donors (Lipinski definition) is 2. The topological polar surface area (TPSA) is 105 Å². The summed E-state index contributed by atoms with van der Waals surface area (Å²) in [5.41, 5.74) is 0. The second kappa shape index (κ2) is 9.14. The monoisotopic (exact) mass is 431 g/mol. The van der Waals surface area contributed by atoms with E-state index in [9.17, 15) is 26.8 Å². The molecule has 2 aliphatic rings. The molecule has 2 amide bonds. The number of sulfonamides is 1. The van der Waals surface area contributed by atoms with Gasteiger partial charge in [-0.2, -0.15) is 4.31 Å². The Hall–Kier alpha value is -2.11. The largest absolute Gasteiger partial charge is 0.360 e. The molecule has 0 radical (unpaired) electrons. The Labute approximate surface area is 167 Å². The van der Waals surface area contributed by atoms with E-state index in [1.54, 1.807) is 0 Å². The fourth-order valence-electron chi connectivity index (χ4n) is 3.49. The maximum atomic E-state index is 14.0. The van der Waals surface area contributed by atoms with Gasteiger partial charge in [-0.15, -0.1) is 0 Å². The van der Waals surface area contributed by atoms with E-state index in [0.29, 0.717) is 12.5 Å². The van der Waals surface area contributed by atoms with Crippen LogP contribution in [0, 0.1) is 11.6 Å². The van der Waals surface area contributed by atoms with E-state index in [-0.39, 0.29) is 25.7 Å². The van der Waals surface area contributed by atoms with Gasteiger partial charge in [-0.25, -0.2) is 17.2 Å². The van der Waals surface area contributed by atoms with Gasteiger partial charge < -0.3 is 15.4 Å². The van der Waals surface area contributed by atoms with Crippen LogP contribution in [0.4, 0.5) is 8.78 Å². The number of nitrogens with one attached hydrogen (secondary N) is 2. The molecule has 1 aromatic carbocycles. The standard InChI is InChI=1S/C18H23F2N3O5S/c19-12-6-7-14(20)15(10-12)29(26,27)23-8-3-9-28-16(23)11-21-17(24)18(25)22-13-4-1-2-5-13/h6-7,10,13,16H,1-5,8-9,11H2,(H,21,24)(H,22,25)/t16-/m0/s1. The Morgan fingerprint density at radius 2 is 1.86 bits per heavy atom. The number of rotatable bonds is 5. The van der Waals surface area contributed by atoms with Crippen LogP contribution in [0.25, 0.3) is 0 Å². The van der Waals surface area contributed by atoms with Crippen molar-refractivity contribution in [3.05, 3.63) is 29.8 Å². The average molecular weight is 431 g/mol. The van der Waals surface area contributed by atoms with Crippen molar-refractivity contribution in [3.63, 3.8) is 0 Å². The summed E-state index contributed by atoms with van der Waals surface area (Å²) in [6.45, 7) is -0.0629. The zero-order valence-corrected chi connectivity index (χ0v) is 16.5. The Kier molecular flexibility index (Phi) is 6.81. The zero-order valence-electron chi connectivity index (χ0n) is 15.7. The lowest BCUT2D eigenvalue weighted by molar-refractivity contribution is -0.140. The lowest BCUT2D eigenvalue weighted by Crippen LogP contribution is -2.53. The fraction of sp³-hybridized carbons (Fsp3) is 0.556. The number of nitrogens with zero attached hydrogens (tertiary/aromatic N) is 1. The molecule has 1 saturated carbocycles. The van der Waals surface area contributed by atoms with Crippen molar-refractivity contribution in [1.29, 1.82) is 0 Å². The van der Waals surface area contributed by atoms with E-state index in [1.807, 2.05) is 0 Å². The van der Waals surface area contributed by atoms with Crippen molar-refractivity contribution >= 4 is 21.8 Å². The summed E-state index contributed by atoms with van der Waals surface area (Å²) in [7, 11) is -4.41. The van der Waals surface area contributed by atoms with E-state index in [2.05, 4.69) is 10.6 Å². The first-order valence-electron chi connectivity index (χ1n) is 9.46. The van der Waals surface area contributed by atoms with Gasteiger partial charge in [0.05, 0.1) is 13.2 Å². The second-order valence-corrected chi connectivity index (χ2v) is 8.89. The Morgan fingerprint density at radius 1 is 1.14 bits per heavy atom. The van der Waals surface area contributed by atoms with Crippen LogP contribution in [0.2, 0.25) is 0 Å². The summed E-state index contributed by atoms with van der Waals surface area (Å²) in [5, 5.41) is 4.99. The highest BCUT2D eigenvalue weighted by atomic mass is 32.2. The molecular formula is C18H23F2N3O5S. The van der Waals surface area contributed by atoms with Crippen LogP contribution in [-0.2, 0) is 24.3 Å². The van der Waals surface area contributed by atoms with E-state index in [0.717, 1.165) is 42.1 Å². The second-order valence-electron chi connectivity index (χ2n) is 7.03. The lowest BCUT2D eigenvalue weighted by atomic mass is 10.2. The van der Waals surface area contributed by atoms with Gasteiger partial charge in [-0.05, 0) is 37.5 Å². The van der Waals surface area contributed by atoms with Gasteiger partial charge in [-0.3, -0.25) is 9.59 Å². The summed E-state index contributed by atoms with van der Waals surface area (Å²) < 4.78 is 59.4. The van der Waals surface area contributed by atoms with Crippen LogP contribution in [0.3, 0.4) is 0 Å². The molecule has 1 heterocycles. The molecule has 0 unspecified atom stereocenters. The number of benzene rings is 1. The summed E-state index contributed by atoms with van der Waals surface area (Å²) in [5.74, 6) is -3.68. The zero-order chi connectivity index (χ0) is 21.0. The van der Waals surface area contributed by atoms with E-state index < -0.39 is 44.6 Å². The third-order valence-electron chi connectivity index (χ3n) is 4.97. The minimum Gasteiger partial charge on any atom is -0.360 e. The molecule has 0 bridgehead atoms. The first-order chi connectivity index (χ1) is 13.8. The maximum Gasteiger partial charge on any atom is 0.309 e. The molecule has 3 rings (SSSR count). The van der Waals surface area contributed by atoms with E-state index >= 15 is 0 Å². The van der Waals surface area contributed by atoms with Crippen molar-refractivity contribution in [2.75, 3.05) is 19.7 Å². The van der Waals surface area contributed by atoms with E-state index in [1.165, 1.54) is 0 Å². The van der Waals surface area contributed by atoms with Crippen molar-refractivity contribution in [2.24, 2.45) is 0 Å². The van der Waals surface area contributed by atoms with Crippen LogP contribution < -0.4 is 10.6 Å². The Morgan fingerprint density at radius 3 is 2.59 bits per heavy atom. The van der Waals surface area contributed by atoms with Crippen LogP contribution in [0.1, 0.15) is 32.1 Å². The number of carbonyl (C=O) groups is 2. The van der Waals surface area contributed by atoms with Crippen molar-refractivity contribution in [3.8, 4) is 0 Å². The summed E-state index contributed by atoms with van der Waals surface area (Å²) in [4.78, 5) is 23.2. The quantitative estimate of drug-likeness (QED) is 0.674. The lowest BCUT2D eigenvalue weighted by Gasteiger charge is -2.34. The third kappa shape index (κ3) is 5.09.